The van der Waals surface area contributed by atoms with Gasteiger partial charge in [0.25, 0.3) is 5.91 Å². The molecule has 30 heavy (non-hydrogen) atoms. The summed E-state index contributed by atoms with van der Waals surface area (Å²) in [4.78, 5) is 29.0. The van der Waals surface area contributed by atoms with Crippen molar-refractivity contribution in [1.82, 2.24) is 15.1 Å². The fourth-order valence-corrected chi connectivity index (χ4v) is 5.33. The highest BCUT2D eigenvalue weighted by Gasteiger charge is 2.59. The Morgan fingerprint density at radius 3 is 2.37 bits per heavy atom. The SMILES string of the molecule is O=C1CN(C2NCC(Cl)CC2F)C(=O)C2(COC2)N1CC1CCC(C(F)(F)F)CC1. The predicted molar refractivity (Wildman–Crippen MR) is 99.4 cm³/mol. The van der Waals surface area contributed by atoms with Crippen LogP contribution in [0.4, 0.5) is 17.6 Å². The van der Waals surface area contributed by atoms with Crippen LogP contribution in [0.15, 0.2) is 0 Å². The first kappa shape index (κ1) is 22.1. The first-order chi connectivity index (χ1) is 14.1. The Bertz CT molecular complexity index is 682. The number of piperazine rings is 1. The summed E-state index contributed by atoms with van der Waals surface area (Å²) in [5, 5.41) is 2.54. The van der Waals surface area contributed by atoms with Gasteiger partial charge in [0.05, 0.1) is 19.1 Å². The number of ether oxygens (including phenoxy) is 1. The van der Waals surface area contributed by atoms with E-state index in [4.69, 9.17) is 16.3 Å². The van der Waals surface area contributed by atoms with Crippen LogP contribution < -0.4 is 5.32 Å². The number of alkyl halides is 5. The summed E-state index contributed by atoms with van der Waals surface area (Å²) in [6.45, 7) is 0.346. The maximum Gasteiger partial charge on any atom is 0.391 e. The highest BCUT2D eigenvalue weighted by Crippen LogP contribution is 2.41. The molecule has 4 aliphatic rings. The Morgan fingerprint density at radius 1 is 1.17 bits per heavy atom. The molecule has 0 aromatic rings. The number of hydrogen-bond acceptors (Lipinski definition) is 4. The van der Waals surface area contributed by atoms with E-state index in [9.17, 15) is 27.2 Å². The van der Waals surface area contributed by atoms with Crippen LogP contribution in [0.5, 0.6) is 0 Å². The summed E-state index contributed by atoms with van der Waals surface area (Å²) in [5.41, 5.74) is -1.19. The van der Waals surface area contributed by atoms with Crippen LogP contribution in [-0.2, 0) is 14.3 Å². The van der Waals surface area contributed by atoms with Gasteiger partial charge in [0.15, 0.2) is 5.54 Å². The van der Waals surface area contributed by atoms with E-state index in [-0.39, 0.29) is 68.7 Å². The smallest absolute Gasteiger partial charge is 0.375 e. The fourth-order valence-electron chi connectivity index (χ4n) is 5.07. The molecule has 0 aromatic heterocycles. The molecule has 4 rings (SSSR count). The lowest BCUT2D eigenvalue weighted by Crippen LogP contribution is -2.79. The van der Waals surface area contributed by atoms with Crippen LogP contribution in [0.1, 0.15) is 32.1 Å². The van der Waals surface area contributed by atoms with Crippen molar-refractivity contribution in [2.45, 2.75) is 61.5 Å². The molecule has 1 N–H and O–H groups in total. The lowest BCUT2D eigenvalue weighted by molar-refractivity contribution is -0.204. The van der Waals surface area contributed by atoms with E-state index in [0.717, 1.165) is 0 Å². The molecule has 0 aromatic carbocycles. The third kappa shape index (κ3) is 3.90. The van der Waals surface area contributed by atoms with Crippen LogP contribution in [-0.4, -0.2) is 83.9 Å². The fraction of sp³-hybridized carbons (Fsp3) is 0.895. The number of halogens is 5. The average Bonchev–Trinajstić information content (AvgIpc) is 2.63. The molecular formula is C19H26ClF4N3O3. The van der Waals surface area contributed by atoms with E-state index >= 15 is 0 Å². The van der Waals surface area contributed by atoms with E-state index in [2.05, 4.69) is 5.32 Å². The Labute approximate surface area is 177 Å². The molecule has 3 saturated heterocycles. The van der Waals surface area contributed by atoms with Gasteiger partial charge in [-0.1, -0.05) is 0 Å². The molecule has 11 heteroatoms. The van der Waals surface area contributed by atoms with Crippen molar-refractivity contribution >= 4 is 23.4 Å². The number of nitrogens with one attached hydrogen (secondary N) is 1. The molecule has 3 unspecified atom stereocenters. The number of amides is 2. The zero-order valence-corrected chi connectivity index (χ0v) is 17.2. The van der Waals surface area contributed by atoms with Crippen molar-refractivity contribution in [3.05, 3.63) is 0 Å². The molecule has 6 nitrogen and oxygen atoms in total. The molecule has 4 fully saturated rings. The van der Waals surface area contributed by atoms with E-state index in [0.29, 0.717) is 19.4 Å². The topological polar surface area (TPSA) is 61.9 Å². The molecule has 3 heterocycles. The summed E-state index contributed by atoms with van der Waals surface area (Å²) >= 11 is 5.97. The summed E-state index contributed by atoms with van der Waals surface area (Å²) in [6.07, 6.45) is -5.62. The van der Waals surface area contributed by atoms with Gasteiger partial charge in [-0.05, 0) is 38.0 Å². The van der Waals surface area contributed by atoms with Crippen LogP contribution in [0, 0.1) is 11.8 Å². The van der Waals surface area contributed by atoms with E-state index < -0.39 is 30.0 Å². The molecule has 2 amide bonds. The minimum Gasteiger partial charge on any atom is -0.375 e. The van der Waals surface area contributed by atoms with Crippen LogP contribution >= 0.6 is 11.6 Å². The van der Waals surface area contributed by atoms with Crippen LogP contribution in [0.2, 0.25) is 0 Å². The number of carbonyl (C=O) groups is 2. The number of hydrogen-bond donors (Lipinski definition) is 1. The number of rotatable bonds is 3. The Balaban J connectivity index is 1.45. The maximum absolute atomic E-state index is 14.6. The third-order valence-corrected chi connectivity index (χ3v) is 7.25. The molecule has 0 radical (unpaired) electrons. The van der Waals surface area contributed by atoms with Crippen molar-refractivity contribution in [3.8, 4) is 0 Å². The van der Waals surface area contributed by atoms with Gasteiger partial charge in [-0.15, -0.1) is 11.6 Å². The monoisotopic (exact) mass is 455 g/mol. The van der Waals surface area contributed by atoms with Gasteiger partial charge in [0.2, 0.25) is 5.91 Å². The standard InChI is InChI=1S/C19H26ClF4N3O3/c20-13-5-14(21)16(25-6-13)26-8-15(28)27(18(17(26)29)9-30-10-18)7-11-1-3-12(4-2-11)19(22,23)24/h11-14,16,25H,1-10H2. The molecular weight excluding hydrogens is 430 g/mol. The summed E-state index contributed by atoms with van der Waals surface area (Å²) in [6, 6.07) is 0. The van der Waals surface area contributed by atoms with Gasteiger partial charge in [0, 0.05) is 18.5 Å². The molecule has 1 spiro atoms. The molecule has 170 valence electrons. The largest absolute Gasteiger partial charge is 0.391 e. The Hall–Kier alpha value is -1.13. The molecule has 1 saturated carbocycles. The quantitative estimate of drug-likeness (QED) is 0.523. The van der Waals surface area contributed by atoms with E-state index in [1.54, 1.807) is 0 Å². The predicted octanol–water partition coefficient (Wildman–Crippen LogP) is 2.06. The lowest BCUT2D eigenvalue weighted by Gasteiger charge is -2.56. The highest BCUT2D eigenvalue weighted by molar-refractivity contribution is 6.20. The van der Waals surface area contributed by atoms with Crippen LogP contribution in [0.25, 0.3) is 0 Å². The minimum atomic E-state index is -4.19. The highest BCUT2D eigenvalue weighted by atomic mass is 35.5. The van der Waals surface area contributed by atoms with Crippen molar-refractivity contribution in [3.63, 3.8) is 0 Å². The van der Waals surface area contributed by atoms with Gasteiger partial charge in [-0.25, -0.2) is 4.39 Å². The summed E-state index contributed by atoms with van der Waals surface area (Å²) < 4.78 is 58.6. The van der Waals surface area contributed by atoms with Gasteiger partial charge in [-0.3, -0.25) is 14.9 Å². The minimum absolute atomic E-state index is 0.0216. The normalized spacial score (nSPS) is 37.4. The number of nitrogens with zero attached hydrogens (tertiary/aromatic N) is 2. The van der Waals surface area contributed by atoms with Crippen molar-refractivity contribution in [2.75, 3.05) is 32.8 Å². The second kappa shape index (κ2) is 8.09. The van der Waals surface area contributed by atoms with Gasteiger partial charge in [0.1, 0.15) is 18.9 Å². The number of carbonyl (C=O) groups excluding carboxylic acids is 2. The summed E-state index contributed by atoms with van der Waals surface area (Å²) in [5.74, 6) is -2.08. The lowest BCUT2D eigenvalue weighted by atomic mass is 9.80. The zero-order chi connectivity index (χ0) is 21.7. The second-order valence-corrected chi connectivity index (χ2v) is 9.54. The summed E-state index contributed by atoms with van der Waals surface area (Å²) in [7, 11) is 0. The van der Waals surface area contributed by atoms with Crippen LogP contribution in [0.3, 0.4) is 0 Å². The van der Waals surface area contributed by atoms with Gasteiger partial charge >= 0.3 is 6.18 Å². The first-order valence-electron chi connectivity index (χ1n) is 10.4. The number of piperidine rings is 1. The van der Waals surface area contributed by atoms with E-state index in [1.807, 2.05) is 0 Å². The zero-order valence-electron chi connectivity index (χ0n) is 16.5. The van der Waals surface area contributed by atoms with Crippen molar-refractivity contribution in [1.29, 1.82) is 0 Å². The van der Waals surface area contributed by atoms with E-state index in [1.165, 1.54) is 9.80 Å². The van der Waals surface area contributed by atoms with Gasteiger partial charge < -0.3 is 14.5 Å². The average molecular weight is 456 g/mol. The maximum atomic E-state index is 14.6. The third-order valence-electron chi connectivity index (χ3n) is 6.92. The Morgan fingerprint density at radius 2 is 1.83 bits per heavy atom. The molecule has 3 atom stereocenters. The van der Waals surface area contributed by atoms with Crippen molar-refractivity contribution < 1.29 is 31.9 Å². The molecule has 0 bridgehead atoms. The Kier molecular flexibility index (Phi) is 5.95. The second-order valence-electron chi connectivity index (χ2n) is 8.92. The van der Waals surface area contributed by atoms with Crippen molar-refractivity contribution in [2.24, 2.45) is 11.8 Å². The first-order valence-corrected chi connectivity index (χ1v) is 10.8. The van der Waals surface area contributed by atoms with Gasteiger partial charge in [-0.2, -0.15) is 13.2 Å². The molecule has 1 aliphatic carbocycles. The molecule has 3 aliphatic heterocycles.